The van der Waals surface area contributed by atoms with Gasteiger partial charge in [-0.15, -0.1) is 0 Å². The molecule has 0 aromatic rings. The molecule has 0 saturated carbocycles. The van der Waals surface area contributed by atoms with Crippen molar-refractivity contribution in [3.8, 4) is 0 Å². The largest absolute Gasteiger partial charge is 0.462 e. The maximum atomic E-state index is 12.1. The molecule has 5 heteroatoms. The second-order valence-electron chi connectivity index (χ2n) is 12.0. The summed E-state index contributed by atoms with van der Waals surface area (Å²) < 4.78 is 10.5. The first-order valence-corrected chi connectivity index (χ1v) is 18.2. The van der Waals surface area contributed by atoms with Crippen molar-refractivity contribution in [1.29, 1.82) is 0 Å². The molecule has 0 aliphatic carbocycles. The van der Waals surface area contributed by atoms with E-state index in [1.165, 1.54) is 89.9 Å². The smallest absolute Gasteiger partial charge is 0.306 e. The topological polar surface area (TPSA) is 72.8 Å². The summed E-state index contributed by atoms with van der Waals surface area (Å²) >= 11 is 0. The fourth-order valence-corrected chi connectivity index (χ4v) is 4.84. The molecule has 0 heterocycles. The summed E-state index contributed by atoms with van der Waals surface area (Å²) in [5.74, 6) is -0.657. The fourth-order valence-electron chi connectivity index (χ4n) is 4.84. The minimum absolute atomic E-state index is 0.0933. The van der Waals surface area contributed by atoms with Crippen LogP contribution in [0.15, 0.2) is 48.6 Å². The van der Waals surface area contributed by atoms with E-state index in [4.69, 9.17) is 9.47 Å². The molecule has 44 heavy (non-hydrogen) atoms. The van der Waals surface area contributed by atoms with Crippen molar-refractivity contribution in [2.45, 2.75) is 174 Å². The van der Waals surface area contributed by atoms with Gasteiger partial charge in [0.15, 0.2) is 6.10 Å². The van der Waals surface area contributed by atoms with Crippen LogP contribution in [0.4, 0.5) is 0 Å². The molecule has 0 unspecified atom stereocenters. The van der Waals surface area contributed by atoms with Gasteiger partial charge < -0.3 is 14.6 Å². The van der Waals surface area contributed by atoms with Crippen molar-refractivity contribution in [1.82, 2.24) is 0 Å². The van der Waals surface area contributed by atoms with Crippen LogP contribution < -0.4 is 0 Å². The Labute approximate surface area is 271 Å². The lowest BCUT2D eigenvalue weighted by molar-refractivity contribution is -0.161. The molecule has 0 spiro atoms. The molecule has 0 fully saturated rings. The minimum Gasteiger partial charge on any atom is -0.462 e. The summed E-state index contributed by atoms with van der Waals surface area (Å²) in [4.78, 5) is 24.1. The van der Waals surface area contributed by atoms with Gasteiger partial charge in [-0.05, 0) is 51.4 Å². The van der Waals surface area contributed by atoms with E-state index >= 15 is 0 Å². The lowest BCUT2D eigenvalue weighted by Gasteiger charge is -2.15. The number of carbonyl (C=O) groups is 2. The molecule has 1 atom stereocenters. The van der Waals surface area contributed by atoms with Crippen LogP contribution in [-0.2, 0) is 19.1 Å². The summed E-state index contributed by atoms with van der Waals surface area (Å²) in [5.41, 5.74) is 0. The second-order valence-corrected chi connectivity index (χ2v) is 12.0. The maximum absolute atomic E-state index is 12.1. The van der Waals surface area contributed by atoms with E-state index in [0.717, 1.165) is 44.9 Å². The average molecular weight is 617 g/mol. The van der Waals surface area contributed by atoms with Crippen LogP contribution in [0.25, 0.3) is 0 Å². The molecule has 0 aliphatic rings. The van der Waals surface area contributed by atoms with Gasteiger partial charge in [0.05, 0.1) is 6.61 Å². The van der Waals surface area contributed by atoms with Crippen LogP contribution >= 0.6 is 0 Å². The first kappa shape index (κ1) is 41.9. The van der Waals surface area contributed by atoms with E-state index in [1.54, 1.807) is 0 Å². The van der Waals surface area contributed by atoms with Gasteiger partial charge in [-0.1, -0.05) is 152 Å². The summed E-state index contributed by atoms with van der Waals surface area (Å²) in [6, 6.07) is 0. The van der Waals surface area contributed by atoms with Crippen LogP contribution in [0.5, 0.6) is 0 Å². The van der Waals surface area contributed by atoms with Crippen molar-refractivity contribution in [3.05, 3.63) is 48.6 Å². The standard InChI is InChI=1S/C39H68O5/c1-3-5-7-9-11-13-15-17-18-19-20-22-23-25-27-29-31-33-38(41)43-36-37(35-40)44-39(42)34-32-30-28-26-24-21-16-14-12-10-8-6-4-2/h11,13,17-18,20,22,25,27,37,40H,3-10,12,14-16,19,21,23-24,26,28-36H2,1-2H3/b13-11-,18-17-,22-20-,27-25-/t37-/m0/s1. The zero-order valence-corrected chi connectivity index (χ0v) is 28.7. The molecule has 0 aromatic heterocycles. The van der Waals surface area contributed by atoms with Crippen molar-refractivity contribution in [2.75, 3.05) is 13.2 Å². The zero-order chi connectivity index (χ0) is 32.2. The van der Waals surface area contributed by atoms with Crippen LogP contribution in [0, 0.1) is 0 Å². The summed E-state index contributed by atoms with van der Waals surface area (Å²) in [7, 11) is 0. The van der Waals surface area contributed by atoms with E-state index < -0.39 is 6.10 Å². The highest BCUT2D eigenvalue weighted by atomic mass is 16.6. The Bertz CT molecular complexity index is 752. The predicted octanol–water partition coefficient (Wildman–Crippen LogP) is 11.1. The molecule has 0 amide bonds. The number of rotatable bonds is 32. The third-order valence-corrected chi connectivity index (χ3v) is 7.63. The van der Waals surface area contributed by atoms with Gasteiger partial charge in [0, 0.05) is 12.8 Å². The van der Waals surface area contributed by atoms with Crippen LogP contribution in [-0.4, -0.2) is 36.4 Å². The first-order valence-electron chi connectivity index (χ1n) is 18.2. The predicted molar refractivity (Wildman–Crippen MR) is 187 cm³/mol. The van der Waals surface area contributed by atoms with E-state index in [9.17, 15) is 14.7 Å². The molecule has 0 rings (SSSR count). The molecular weight excluding hydrogens is 548 g/mol. The molecule has 0 aliphatic heterocycles. The van der Waals surface area contributed by atoms with Gasteiger partial charge in [0.2, 0.25) is 0 Å². The van der Waals surface area contributed by atoms with Gasteiger partial charge >= 0.3 is 11.9 Å². The molecule has 0 radical (unpaired) electrons. The summed E-state index contributed by atoms with van der Waals surface area (Å²) in [6.45, 7) is 4.05. The van der Waals surface area contributed by atoms with Crippen molar-refractivity contribution >= 4 is 11.9 Å². The maximum Gasteiger partial charge on any atom is 0.306 e. The highest BCUT2D eigenvalue weighted by Crippen LogP contribution is 2.13. The first-order chi connectivity index (χ1) is 21.6. The van der Waals surface area contributed by atoms with E-state index in [0.29, 0.717) is 19.3 Å². The number of esters is 2. The molecule has 1 N–H and O–H groups in total. The number of allylic oxidation sites excluding steroid dienone is 8. The van der Waals surface area contributed by atoms with E-state index in [2.05, 4.69) is 62.5 Å². The Balaban J connectivity index is 3.68. The summed E-state index contributed by atoms with van der Waals surface area (Å²) in [5, 5.41) is 9.51. The normalized spacial score (nSPS) is 12.7. The van der Waals surface area contributed by atoms with Crippen molar-refractivity contribution in [3.63, 3.8) is 0 Å². The Morgan fingerprint density at radius 1 is 0.523 bits per heavy atom. The SMILES string of the molecule is CCCCC/C=C\C/C=C\C/C=C\C/C=C\CCCC(=O)OC[C@H](CO)OC(=O)CCCCCCCCCCCCCCC. The number of hydrogen-bond donors (Lipinski definition) is 1. The average Bonchev–Trinajstić information content (AvgIpc) is 3.02. The molecule has 0 bridgehead atoms. The van der Waals surface area contributed by atoms with Crippen molar-refractivity contribution < 1.29 is 24.2 Å². The molecule has 5 nitrogen and oxygen atoms in total. The molecular formula is C39H68O5. The third-order valence-electron chi connectivity index (χ3n) is 7.63. The lowest BCUT2D eigenvalue weighted by Crippen LogP contribution is -2.28. The van der Waals surface area contributed by atoms with Gasteiger partial charge in [-0.2, -0.15) is 0 Å². The van der Waals surface area contributed by atoms with Crippen LogP contribution in [0.3, 0.4) is 0 Å². The summed E-state index contributed by atoms with van der Waals surface area (Å²) in [6.07, 6.45) is 43.1. The molecule has 0 saturated heterocycles. The fraction of sp³-hybridized carbons (Fsp3) is 0.744. The Morgan fingerprint density at radius 3 is 1.43 bits per heavy atom. The minimum atomic E-state index is -0.790. The second kappa shape index (κ2) is 35.3. The third kappa shape index (κ3) is 32.8. The number of ether oxygens (including phenoxy) is 2. The zero-order valence-electron chi connectivity index (χ0n) is 28.7. The van der Waals surface area contributed by atoms with Crippen molar-refractivity contribution in [2.24, 2.45) is 0 Å². The Kier molecular flexibility index (Phi) is 33.6. The molecule has 254 valence electrons. The molecule has 0 aromatic carbocycles. The number of carbonyl (C=O) groups excluding carboxylic acids is 2. The Hall–Kier alpha value is -2.14. The quantitative estimate of drug-likeness (QED) is 0.0462. The number of hydrogen-bond acceptors (Lipinski definition) is 5. The Morgan fingerprint density at radius 2 is 0.932 bits per heavy atom. The van der Waals surface area contributed by atoms with Gasteiger partial charge in [-0.25, -0.2) is 0 Å². The number of aliphatic hydroxyl groups is 1. The number of unbranched alkanes of at least 4 members (excludes halogenated alkanes) is 16. The number of aliphatic hydroxyl groups excluding tert-OH is 1. The van der Waals surface area contributed by atoms with Gasteiger partial charge in [0.1, 0.15) is 6.61 Å². The van der Waals surface area contributed by atoms with E-state index in [-0.39, 0.29) is 25.2 Å². The van der Waals surface area contributed by atoms with Crippen LogP contribution in [0.1, 0.15) is 168 Å². The van der Waals surface area contributed by atoms with Gasteiger partial charge in [0.25, 0.3) is 0 Å². The van der Waals surface area contributed by atoms with E-state index in [1.807, 2.05) is 0 Å². The highest BCUT2D eigenvalue weighted by molar-refractivity contribution is 5.70. The highest BCUT2D eigenvalue weighted by Gasteiger charge is 2.16. The van der Waals surface area contributed by atoms with Gasteiger partial charge in [-0.3, -0.25) is 9.59 Å². The monoisotopic (exact) mass is 617 g/mol. The lowest BCUT2D eigenvalue weighted by atomic mass is 10.0. The van der Waals surface area contributed by atoms with Crippen LogP contribution in [0.2, 0.25) is 0 Å².